The van der Waals surface area contributed by atoms with Crippen LogP contribution in [0.25, 0.3) is 0 Å². The molecule has 1 aliphatic heterocycles. The molecule has 1 saturated heterocycles. The Morgan fingerprint density at radius 1 is 1.27 bits per heavy atom. The number of aliphatic hydroxyl groups is 1. The molecule has 0 saturated carbocycles. The highest BCUT2D eigenvalue weighted by Crippen LogP contribution is 2.34. The first kappa shape index (κ1) is 17.3. The molecule has 0 aromatic heterocycles. The third-order valence-electron chi connectivity index (χ3n) is 4.35. The van der Waals surface area contributed by atoms with Crippen molar-refractivity contribution in [2.75, 3.05) is 39.3 Å². The van der Waals surface area contributed by atoms with Gasteiger partial charge in [-0.15, -0.1) is 0 Å². The summed E-state index contributed by atoms with van der Waals surface area (Å²) >= 11 is 0. The summed E-state index contributed by atoms with van der Waals surface area (Å²) in [4.78, 5) is 2.42. The van der Waals surface area contributed by atoms with E-state index < -0.39 is 6.10 Å². The van der Waals surface area contributed by atoms with Gasteiger partial charge in [0.1, 0.15) is 5.75 Å². The molecular formula is C18H30N2O2. The first-order valence-corrected chi connectivity index (χ1v) is 8.38. The summed E-state index contributed by atoms with van der Waals surface area (Å²) in [5, 5.41) is 14.2. The summed E-state index contributed by atoms with van der Waals surface area (Å²) in [7, 11) is 0. The quantitative estimate of drug-likeness (QED) is 0.846. The molecule has 2 unspecified atom stereocenters. The van der Waals surface area contributed by atoms with Gasteiger partial charge in [0.05, 0.1) is 12.7 Å². The summed E-state index contributed by atoms with van der Waals surface area (Å²) in [5.74, 6) is 1.03. The second-order valence-corrected chi connectivity index (χ2v) is 6.41. The van der Waals surface area contributed by atoms with Gasteiger partial charge in [0.25, 0.3) is 0 Å². The topological polar surface area (TPSA) is 44.7 Å². The second-order valence-electron chi connectivity index (χ2n) is 6.41. The lowest BCUT2D eigenvalue weighted by atomic mass is 9.93. The van der Waals surface area contributed by atoms with Crippen LogP contribution in [0, 0.1) is 19.8 Å². The molecule has 1 aromatic carbocycles. The van der Waals surface area contributed by atoms with Crippen LogP contribution in [-0.2, 0) is 0 Å². The minimum Gasteiger partial charge on any atom is -0.493 e. The molecule has 2 N–H and O–H groups in total. The van der Waals surface area contributed by atoms with Crippen molar-refractivity contribution in [2.45, 2.75) is 33.8 Å². The standard InChI is InChI=1S/C18H30N2O2/c1-5-22-18-14(3)10-13(2)11-16(18)17(21)15(4)12-20-8-6-19-7-9-20/h10-11,15,17,19,21H,5-9,12H2,1-4H3. The maximum atomic E-state index is 10.9. The highest BCUT2D eigenvalue weighted by Gasteiger charge is 2.24. The van der Waals surface area contributed by atoms with Gasteiger partial charge in [-0.25, -0.2) is 0 Å². The molecular weight excluding hydrogens is 276 g/mol. The Bertz CT molecular complexity index is 484. The van der Waals surface area contributed by atoms with E-state index in [2.05, 4.69) is 43.1 Å². The van der Waals surface area contributed by atoms with Crippen LogP contribution in [-0.4, -0.2) is 49.3 Å². The van der Waals surface area contributed by atoms with Gasteiger partial charge in [-0.1, -0.05) is 18.6 Å². The third-order valence-corrected chi connectivity index (χ3v) is 4.35. The maximum Gasteiger partial charge on any atom is 0.128 e. The third kappa shape index (κ3) is 4.22. The van der Waals surface area contributed by atoms with Crippen molar-refractivity contribution in [3.8, 4) is 5.75 Å². The van der Waals surface area contributed by atoms with Crippen molar-refractivity contribution >= 4 is 0 Å². The number of hydrogen-bond donors (Lipinski definition) is 2. The van der Waals surface area contributed by atoms with Crippen LogP contribution >= 0.6 is 0 Å². The van der Waals surface area contributed by atoms with E-state index in [1.165, 1.54) is 5.56 Å². The van der Waals surface area contributed by atoms with Gasteiger partial charge in [-0.2, -0.15) is 0 Å². The highest BCUT2D eigenvalue weighted by molar-refractivity contribution is 5.45. The number of aryl methyl sites for hydroxylation is 2. The highest BCUT2D eigenvalue weighted by atomic mass is 16.5. The summed E-state index contributed by atoms with van der Waals surface area (Å²) < 4.78 is 5.80. The zero-order chi connectivity index (χ0) is 16.1. The number of aliphatic hydroxyl groups excluding tert-OH is 1. The zero-order valence-electron chi connectivity index (χ0n) is 14.4. The van der Waals surface area contributed by atoms with E-state index in [1.807, 2.05) is 6.92 Å². The molecule has 4 heteroatoms. The largest absolute Gasteiger partial charge is 0.493 e. The number of ether oxygens (including phenoxy) is 1. The SMILES string of the molecule is CCOc1c(C)cc(C)cc1C(O)C(C)CN1CCNCC1. The van der Waals surface area contributed by atoms with Crippen LogP contribution < -0.4 is 10.1 Å². The van der Waals surface area contributed by atoms with Crippen LogP contribution in [0.3, 0.4) is 0 Å². The first-order valence-electron chi connectivity index (χ1n) is 8.38. The van der Waals surface area contributed by atoms with E-state index in [0.717, 1.165) is 49.6 Å². The van der Waals surface area contributed by atoms with Crippen molar-refractivity contribution in [1.82, 2.24) is 10.2 Å². The number of piperazine rings is 1. The fraction of sp³-hybridized carbons (Fsp3) is 0.667. The average Bonchev–Trinajstić information content (AvgIpc) is 2.50. The Kier molecular flexibility index (Phi) is 6.24. The molecule has 0 radical (unpaired) electrons. The monoisotopic (exact) mass is 306 g/mol. The molecule has 0 amide bonds. The summed E-state index contributed by atoms with van der Waals surface area (Å²) in [5.41, 5.74) is 3.21. The number of benzene rings is 1. The lowest BCUT2D eigenvalue weighted by molar-refractivity contribution is 0.0815. The Balaban J connectivity index is 2.14. The molecule has 0 aliphatic carbocycles. The van der Waals surface area contributed by atoms with Crippen molar-refractivity contribution in [2.24, 2.45) is 5.92 Å². The van der Waals surface area contributed by atoms with E-state index in [1.54, 1.807) is 0 Å². The fourth-order valence-corrected chi connectivity index (χ4v) is 3.26. The molecule has 22 heavy (non-hydrogen) atoms. The first-order chi connectivity index (χ1) is 10.5. The van der Waals surface area contributed by atoms with Crippen molar-refractivity contribution in [3.63, 3.8) is 0 Å². The molecule has 1 aromatic rings. The average molecular weight is 306 g/mol. The van der Waals surface area contributed by atoms with E-state index in [-0.39, 0.29) is 5.92 Å². The van der Waals surface area contributed by atoms with E-state index in [0.29, 0.717) is 6.61 Å². The van der Waals surface area contributed by atoms with Gasteiger partial charge in [-0.05, 0) is 38.3 Å². The van der Waals surface area contributed by atoms with Gasteiger partial charge in [0.15, 0.2) is 0 Å². The molecule has 1 aliphatic rings. The second kappa shape index (κ2) is 7.95. The fourth-order valence-electron chi connectivity index (χ4n) is 3.26. The predicted molar refractivity (Wildman–Crippen MR) is 90.5 cm³/mol. The predicted octanol–water partition coefficient (Wildman–Crippen LogP) is 2.28. The number of nitrogens with one attached hydrogen (secondary N) is 1. The minimum atomic E-state index is -0.491. The van der Waals surface area contributed by atoms with Crippen LogP contribution in [0.1, 0.15) is 36.6 Å². The Morgan fingerprint density at radius 3 is 2.59 bits per heavy atom. The number of hydrogen-bond acceptors (Lipinski definition) is 4. The molecule has 2 rings (SSSR count). The Morgan fingerprint density at radius 2 is 1.95 bits per heavy atom. The van der Waals surface area contributed by atoms with Crippen molar-refractivity contribution < 1.29 is 9.84 Å². The molecule has 1 fully saturated rings. The van der Waals surface area contributed by atoms with Crippen LogP contribution in [0.15, 0.2) is 12.1 Å². The minimum absolute atomic E-state index is 0.179. The van der Waals surface area contributed by atoms with E-state index in [4.69, 9.17) is 4.74 Å². The summed E-state index contributed by atoms with van der Waals surface area (Å²) in [6.45, 7) is 14.0. The molecule has 124 valence electrons. The van der Waals surface area contributed by atoms with Gasteiger partial charge in [-0.3, -0.25) is 0 Å². The summed E-state index contributed by atoms with van der Waals surface area (Å²) in [6, 6.07) is 4.18. The molecule has 4 nitrogen and oxygen atoms in total. The van der Waals surface area contributed by atoms with Crippen LogP contribution in [0.4, 0.5) is 0 Å². The van der Waals surface area contributed by atoms with Crippen LogP contribution in [0.2, 0.25) is 0 Å². The lowest BCUT2D eigenvalue weighted by Gasteiger charge is -2.32. The molecule has 0 bridgehead atoms. The Hall–Kier alpha value is -1.10. The van der Waals surface area contributed by atoms with Gasteiger partial charge in [0.2, 0.25) is 0 Å². The smallest absolute Gasteiger partial charge is 0.128 e. The van der Waals surface area contributed by atoms with Gasteiger partial charge in [0, 0.05) is 38.3 Å². The van der Waals surface area contributed by atoms with Crippen molar-refractivity contribution in [1.29, 1.82) is 0 Å². The Labute approximate surface area is 134 Å². The number of rotatable bonds is 6. The van der Waals surface area contributed by atoms with Crippen LogP contribution in [0.5, 0.6) is 5.75 Å². The van der Waals surface area contributed by atoms with E-state index in [9.17, 15) is 5.11 Å². The maximum absolute atomic E-state index is 10.9. The number of nitrogens with zero attached hydrogens (tertiary/aromatic N) is 1. The molecule has 1 heterocycles. The van der Waals surface area contributed by atoms with Gasteiger partial charge < -0.3 is 20.1 Å². The van der Waals surface area contributed by atoms with E-state index >= 15 is 0 Å². The zero-order valence-corrected chi connectivity index (χ0v) is 14.4. The lowest BCUT2D eigenvalue weighted by Crippen LogP contribution is -2.45. The van der Waals surface area contributed by atoms with Crippen molar-refractivity contribution in [3.05, 3.63) is 28.8 Å². The van der Waals surface area contributed by atoms with Gasteiger partial charge >= 0.3 is 0 Å². The normalized spacial score (nSPS) is 19.0. The summed E-state index contributed by atoms with van der Waals surface area (Å²) in [6.07, 6.45) is -0.491. The molecule has 2 atom stereocenters. The molecule has 0 spiro atoms.